The lowest BCUT2D eigenvalue weighted by Crippen LogP contribution is -2.52. The molecule has 0 bridgehead atoms. The Balaban J connectivity index is 1.67. The average molecular weight is 411 g/mol. The van der Waals surface area contributed by atoms with Crippen LogP contribution in [0, 0.1) is 15.5 Å². The Hall–Kier alpha value is -2.41. The van der Waals surface area contributed by atoms with Crippen molar-refractivity contribution in [3.05, 3.63) is 57.0 Å². The minimum atomic E-state index is -0.361. The highest BCUT2D eigenvalue weighted by molar-refractivity contribution is 8.17. The van der Waals surface area contributed by atoms with Crippen molar-refractivity contribution in [2.24, 2.45) is 15.4 Å². The molecule has 29 heavy (non-hydrogen) atoms. The van der Waals surface area contributed by atoms with Gasteiger partial charge in [-0.2, -0.15) is 0 Å². The minimum Gasteiger partial charge on any atom is -0.308 e. The molecule has 6 nitrogen and oxygen atoms in total. The number of hydrogen-bond acceptors (Lipinski definition) is 5. The number of benzene rings is 1. The maximum Gasteiger partial charge on any atom is 0.269 e. The number of nitro groups is 1. The third-order valence-electron chi connectivity index (χ3n) is 5.71. The molecular weight excluding hydrogens is 384 g/mol. The molecule has 4 rings (SSSR count). The van der Waals surface area contributed by atoms with E-state index in [0.717, 1.165) is 67.5 Å². The first-order chi connectivity index (χ1) is 14.0. The topological polar surface area (TPSA) is 71.1 Å². The average Bonchev–Trinajstić information content (AvgIpc) is 2.74. The normalized spacial score (nSPS) is 25.0. The fourth-order valence-electron chi connectivity index (χ4n) is 3.96. The van der Waals surface area contributed by atoms with Crippen molar-refractivity contribution in [2.75, 3.05) is 19.6 Å². The van der Waals surface area contributed by atoms with Crippen LogP contribution in [0.2, 0.25) is 0 Å². The van der Waals surface area contributed by atoms with Gasteiger partial charge in [0, 0.05) is 36.7 Å². The van der Waals surface area contributed by atoms with Gasteiger partial charge < -0.3 is 4.90 Å². The number of nitrogens with zero attached hydrogens (tertiary/aromatic N) is 4. The smallest absolute Gasteiger partial charge is 0.269 e. The summed E-state index contributed by atoms with van der Waals surface area (Å²) in [6, 6.07) is 6.80. The lowest BCUT2D eigenvalue weighted by molar-refractivity contribution is -0.384. The van der Waals surface area contributed by atoms with Crippen LogP contribution in [0.4, 0.5) is 5.69 Å². The number of unbranched alkanes of at least 4 members (excludes halogenated alkanes) is 1. The van der Waals surface area contributed by atoms with Crippen molar-refractivity contribution >= 4 is 34.0 Å². The first-order valence-electron chi connectivity index (χ1n) is 10.2. The second-order valence-corrected chi connectivity index (χ2v) is 8.85. The van der Waals surface area contributed by atoms with Crippen molar-refractivity contribution in [3.63, 3.8) is 0 Å². The molecule has 2 heterocycles. The van der Waals surface area contributed by atoms with Gasteiger partial charge >= 0.3 is 0 Å². The Bertz CT molecular complexity index is 933. The van der Waals surface area contributed by atoms with E-state index in [-0.39, 0.29) is 16.0 Å². The van der Waals surface area contributed by atoms with Crippen molar-refractivity contribution < 1.29 is 4.92 Å². The van der Waals surface area contributed by atoms with Crippen LogP contribution in [0.5, 0.6) is 0 Å². The van der Waals surface area contributed by atoms with Crippen molar-refractivity contribution in [1.82, 2.24) is 4.90 Å². The number of nitro benzene ring substituents is 1. The molecule has 1 unspecified atom stereocenters. The third kappa shape index (κ3) is 3.75. The fraction of sp³-hybridized carbons (Fsp3) is 0.455. The number of thioether (sulfide) groups is 1. The summed E-state index contributed by atoms with van der Waals surface area (Å²) in [4.78, 5) is 24.0. The van der Waals surface area contributed by atoms with Crippen molar-refractivity contribution in [3.8, 4) is 0 Å². The molecule has 3 aliphatic rings. The van der Waals surface area contributed by atoms with Gasteiger partial charge in [-0.05, 0) is 55.5 Å². The Kier molecular flexibility index (Phi) is 5.58. The van der Waals surface area contributed by atoms with E-state index >= 15 is 0 Å². The zero-order valence-corrected chi connectivity index (χ0v) is 17.7. The Labute approximate surface area is 175 Å². The van der Waals surface area contributed by atoms with Gasteiger partial charge in [0.15, 0.2) is 5.17 Å². The van der Waals surface area contributed by atoms with Crippen LogP contribution in [-0.4, -0.2) is 40.5 Å². The van der Waals surface area contributed by atoms with Crippen LogP contribution in [0.3, 0.4) is 0 Å². The Morgan fingerprint density at radius 1 is 1.34 bits per heavy atom. The van der Waals surface area contributed by atoms with Crippen molar-refractivity contribution in [1.29, 1.82) is 0 Å². The summed E-state index contributed by atoms with van der Waals surface area (Å²) in [6.45, 7) is 7.16. The van der Waals surface area contributed by atoms with Gasteiger partial charge in [0.25, 0.3) is 5.69 Å². The highest BCUT2D eigenvalue weighted by Crippen LogP contribution is 2.51. The molecule has 1 saturated heterocycles. The summed E-state index contributed by atoms with van der Waals surface area (Å²) < 4.78 is 0. The zero-order valence-electron chi connectivity index (χ0n) is 16.9. The maximum absolute atomic E-state index is 10.9. The summed E-state index contributed by atoms with van der Waals surface area (Å²) in [7, 11) is 0. The van der Waals surface area contributed by atoms with E-state index in [2.05, 4.69) is 30.9 Å². The van der Waals surface area contributed by atoms with E-state index < -0.39 is 0 Å². The van der Waals surface area contributed by atoms with Gasteiger partial charge in [0.05, 0.1) is 10.3 Å². The van der Waals surface area contributed by atoms with Crippen LogP contribution >= 0.6 is 11.8 Å². The lowest BCUT2D eigenvalue weighted by Gasteiger charge is -2.47. The van der Waals surface area contributed by atoms with Gasteiger partial charge in [0.2, 0.25) is 0 Å². The summed E-state index contributed by atoms with van der Waals surface area (Å²) in [5.41, 5.74) is 2.10. The molecule has 0 N–H and O–H groups in total. The molecular formula is C22H26N4O2S. The van der Waals surface area contributed by atoms with Crippen LogP contribution in [-0.2, 0) is 0 Å². The van der Waals surface area contributed by atoms with Crippen LogP contribution in [0.15, 0.2) is 51.3 Å². The van der Waals surface area contributed by atoms with Crippen molar-refractivity contribution in [2.45, 2.75) is 39.5 Å². The first-order valence-corrected chi connectivity index (χ1v) is 11.1. The molecule has 0 amide bonds. The van der Waals surface area contributed by atoms with Crippen LogP contribution in [0.1, 0.15) is 45.1 Å². The van der Waals surface area contributed by atoms with Gasteiger partial charge in [-0.25, -0.2) is 0 Å². The number of hydrogen-bond donors (Lipinski definition) is 0. The molecule has 7 heteroatoms. The van der Waals surface area contributed by atoms with E-state index in [0.29, 0.717) is 0 Å². The molecule has 0 saturated carbocycles. The summed E-state index contributed by atoms with van der Waals surface area (Å²) in [5.74, 6) is 1.14. The first kappa shape index (κ1) is 19.9. The van der Waals surface area contributed by atoms with Gasteiger partial charge in [0.1, 0.15) is 5.84 Å². The SMILES string of the molecule is CCCCN=C1SC2=CC(c3ccc([N+](=O)[O-])cc3)=CCC2(C)C2=NCCCN12. The van der Waals surface area contributed by atoms with Gasteiger partial charge in [-0.3, -0.25) is 20.1 Å². The molecule has 1 aromatic rings. The molecule has 1 aliphatic carbocycles. The fourth-order valence-corrected chi connectivity index (χ4v) is 5.19. The van der Waals surface area contributed by atoms with Crippen LogP contribution < -0.4 is 0 Å². The predicted octanol–water partition coefficient (Wildman–Crippen LogP) is 5.28. The number of non-ortho nitro benzene ring substituents is 1. The number of amidine groups is 2. The maximum atomic E-state index is 10.9. The van der Waals surface area contributed by atoms with E-state index in [1.807, 2.05) is 12.1 Å². The molecule has 0 radical (unpaired) electrons. The molecule has 0 aromatic heterocycles. The molecule has 1 aromatic carbocycles. The van der Waals surface area contributed by atoms with E-state index in [1.165, 1.54) is 4.91 Å². The van der Waals surface area contributed by atoms with Crippen LogP contribution in [0.25, 0.3) is 5.57 Å². The van der Waals surface area contributed by atoms with E-state index in [4.69, 9.17) is 9.98 Å². The number of fused-ring (bicyclic) bond motifs is 3. The number of rotatable bonds is 5. The molecule has 2 aliphatic heterocycles. The molecule has 0 spiro atoms. The predicted molar refractivity (Wildman–Crippen MR) is 120 cm³/mol. The standard InChI is InChI=1S/C22H26N4O2S/c1-3-4-12-24-21-25-14-5-13-23-20(25)22(2)11-10-17(15-19(22)29-21)16-6-8-18(9-7-16)26(27)28/h6-10,15H,3-5,11-14H2,1-2H3. The van der Waals surface area contributed by atoms with Gasteiger partial charge in [-0.15, -0.1) is 0 Å². The second kappa shape index (κ2) is 8.14. The molecule has 152 valence electrons. The largest absolute Gasteiger partial charge is 0.308 e. The summed E-state index contributed by atoms with van der Waals surface area (Å²) >= 11 is 1.76. The molecule has 1 atom stereocenters. The lowest BCUT2D eigenvalue weighted by atomic mass is 9.78. The minimum absolute atomic E-state index is 0.118. The Morgan fingerprint density at radius 2 is 2.14 bits per heavy atom. The van der Waals surface area contributed by atoms with Gasteiger partial charge in [-0.1, -0.05) is 31.2 Å². The zero-order chi connectivity index (χ0) is 20.4. The Morgan fingerprint density at radius 3 is 2.86 bits per heavy atom. The summed E-state index contributed by atoms with van der Waals surface area (Å²) in [6.07, 6.45) is 8.62. The monoisotopic (exact) mass is 410 g/mol. The third-order valence-corrected chi connectivity index (χ3v) is 7.03. The number of allylic oxidation sites excluding steroid dienone is 3. The highest BCUT2D eigenvalue weighted by Gasteiger charge is 2.46. The molecule has 1 fully saturated rings. The second-order valence-electron chi connectivity index (χ2n) is 7.84. The quantitative estimate of drug-likeness (QED) is 0.376. The number of aliphatic imine (C=N–C) groups is 2. The van der Waals surface area contributed by atoms with E-state index in [1.54, 1.807) is 23.9 Å². The van der Waals surface area contributed by atoms with E-state index in [9.17, 15) is 10.1 Å². The summed E-state index contributed by atoms with van der Waals surface area (Å²) in [5, 5.41) is 12.0. The highest BCUT2D eigenvalue weighted by atomic mass is 32.2.